The zero-order valence-electron chi connectivity index (χ0n) is 12.0. The summed E-state index contributed by atoms with van der Waals surface area (Å²) in [5.41, 5.74) is 2.23. The summed E-state index contributed by atoms with van der Waals surface area (Å²) in [5, 5.41) is 3.33. The third kappa shape index (κ3) is 2.52. The Bertz CT molecular complexity index is 481. The van der Waals surface area contributed by atoms with E-state index in [9.17, 15) is 4.79 Å². The molecule has 1 atom stereocenters. The van der Waals surface area contributed by atoms with E-state index in [0.29, 0.717) is 12.3 Å². The summed E-state index contributed by atoms with van der Waals surface area (Å²) in [6, 6.07) is 6.06. The zero-order chi connectivity index (χ0) is 13.9. The predicted molar refractivity (Wildman–Crippen MR) is 79.3 cm³/mol. The number of nitrogens with zero attached hydrogens (tertiary/aromatic N) is 1. The number of hydrogen-bond donors (Lipinski definition) is 1. The number of aryl methyl sites for hydroxylation is 1. The van der Waals surface area contributed by atoms with Gasteiger partial charge in [-0.1, -0.05) is 12.1 Å². The van der Waals surface area contributed by atoms with Gasteiger partial charge in [0.05, 0.1) is 12.8 Å². The van der Waals surface area contributed by atoms with E-state index in [2.05, 4.69) is 11.4 Å². The molecule has 1 aromatic rings. The van der Waals surface area contributed by atoms with Crippen molar-refractivity contribution in [2.45, 2.75) is 25.7 Å². The van der Waals surface area contributed by atoms with E-state index in [0.717, 1.165) is 50.3 Å². The molecule has 0 saturated carbocycles. The second-order valence-electron chi connectivity index (χ2n) is 5.68. The fourth-order valence-electron chi connectivity index (χ4n) is 3.28. The molecular weight excluding hydrogens is 252 g/mol. The number of para-hydroxylation sites is 1. The van der Waals surface area contributed by atoms with Gasteiger partial charge in [-0.05, 0) is 49.9 Å². The summed E-state index contributed by atoms with van der Waals surface area (Å²) in [6.45, 7) is 2.82. The zero-order valence-corrected chi connectivity index (χ0v) is 12.0. The van der Waals surface area contributed by atoms with Crippen LogP contribution >= 0.6 is 0 Å². The molecule has 0 radical (unpaired) electrons. The SMILES string of the molecule is COc1cccc2c1N(C(=O)CC1CCNC1)CCC2. The van der Waals surface area contributed by atoms with Gasteiger partial charge in [0.2, 0.25) is 5.91 Å². The monoisotopic (exact) mass is 274 g/mol. The molecule has 4 nitrogen and oxygen atoms in total. The minimum Gasteiger partial charge on any atom is -0.495 e. The molecule has 0 aliphatic carbocycles. The van der Waals surface area contributed by atoms with Crippen molar-refractivity contribution >= 4 is 11.6 Å². The summed E-state index contributed by atoms with van der Waals surface area (Å²) in [6.07, 6.45) is 3.82. The van der Waals surface area contributed by atoms with Crippen LogP contribution in [0.3, 0.4) is 0 Å². The summed E-state index contributed by atoms with van der Waals surface area (Å²) < 4.78 is 5.46. The lowest BCUT2D eigenvalue weighted by molar-refractivity contribution is -0.119. The van der Waals surface area contributed by atoms with E-state index in [1.807, 2.05) is 17.0 Å². The molecule has 108 valence electrons. The number of nitrogens with one attached hydrogen (secondary N) is 1. The van der Waals surface area contributed by atoms with Gasteiger partial charge in [-0.15, -0.1) is 0 Å². The number of hydrogen-bond acceptors (Lipinski definition) is 3. The summed E-state index contributed by atoms with van der Waals surface area (Å²) >= 11 is 0. The number of ether oxygens (including phenoxy) is 1. The molecule has 1 N–H and O–H groups in total. The normalized spacial score (nSPS) is 21.6. The lowest BCUT2D eigenvalue weighted by Crippen LogP contribution is -2.37. The highest BCUT2D eigenvalue weighted by Gasteiger charge is 2.28. The number of methoxy groups -OCH3 is 1. The number of fused-ring (bicyclic) bond motifs is 1. The third-order valence-corrected chi connectivity index (χ3v) is 4.33. The van der Waals surface area contributed by atoms with Crippen molar-refractivity contribution in [2.75, 3.05) is 31.6 Å². The van der Waals surface area contributed by atoms with E-state index in [-0.39, 0.29) is 5.91 Å². The first-order valence-corrected chi connectivity index (χ1v) is 7.46. The highest BCUT2D eigenvalue weighted by atomic mass is 16.5. The number of anilines is 1. The first kappa shape index (κ1) is 13.4. The average Bonchev–Trinajstić information content (AvgIpc) is 2.98. The van der Waals surface area contributed by atoms with E-state index >= 15 is 0 Å². The van der Waals surface area contributed by atoms with Crippen LogP contribution in [0.2, 0.25) is 0 Å². The minimum absolute atomic E-state index is 0.240. The van der Waals surface area contributed by atoms with Crippen LogP contribution < -0.4 is 15.0 Å². The van der Waals surface area contributed by atoms with E-state index in [1.165, 1.54) is 5.56 Å². The number of amides is 1. The van der Waals surface area contributed by atoms with Gasteiger partial charge in [0, 0.05) is 13.0 Å². The molecule has 2 aliphatic heterocycles. The molecular formula is C16H22N2O2. The van der Waals surface area contributed by atoms with Crippen LogP contribution in [0.4, 0.5) is 5.69 Å². The van der Waals surface area contributed by atoms with Crippen LogP contribution in [-0.2, 0) is 11.2 Å². The van der Waals surface area contributed by atoms with Crippen molar-refractivity contribution in [3.8, 4) is 5.75 Å². The molecule has 1 amide bonds. The summed E-state index contributed by atoms with van der Waals surface area (Å²) in [7, 11) is 1.67. The molecule has 1 unspecified atom stereocenters. The molecule has 2 aliphatic rings. The van der Waals surface area contributed by atoms with Gasteiger partial charge >= 0.3 is 0 Å². The average molecular weight is 274 g/mol. The number of carbonyl (C=O) groups excluding carboxylic acids is 1. The van der Waals surface area contributed by atoms with Gasteiger partial charge in [0.15, 0.2) is 0 Å². The smallest absolute Gasteiger partial charge is 0.227 e. The molecule has 2 heterocycles. The predicted octanol–water partition coefficient (Wildman–Crippen LogP) is 1.97. The Morgan fingerprint density at radius 3 is 3.15 bits per heavy atom. The third-order valence-electron chi connectivity index (χ3n) is 4.33. The van der Waals surface area contributed by atoms with Crippen LogP contribution in [0, 0.1) is 5.92 Å². The number of benzene rings is 1. The van der Waals surface area contributed by atoms with Crippen LogP contribution in [0.5, 0.6) is 5.75 Å². The Kier molecular flexibility index (Phi) is 3.92. The standard InChI is InChI=1S/C16H22N2O2/c1-20-14-6-2-4-13-5-3-9-18(16(13)14)15(19)10-12-7-8-17-11-12/h2,4,6,12,17H,3,5,7-11H2,1H3. The van der Waals surface area contributed by atoms with Gasteiger partial charge in [0.1, 0.15) is 5.75 Å². The Morgan fingerprint density at radius 1 is 1.50 bits per heavy atom. The van der Waals surface area contributed by atoms with E-state index < -0.39 is 0 Å². The van der Waals surface area contributed by atoms with Crippen molar-refractivity contribution in [1.29, 1.82) is 0 Å². The van der Waals surface area contributed by atoms with Gasteiger partial charge in [-0.25, -0.2) is 0 Å². The fourth-order valence-corrected chi connectivity index (χ4v) is 3.28. The van der Waals surface area contributed by atoms with Gasteiger partial charge < -0.3 is 15.0 Å². The largest absolute Gasteiger partial charge is 0.495 e. The molecule has 0 bridgehead atoms. The van der Waals surface area contributed by atoms with Crippen molar-refractivity contribution < 1.29 is 9.53 Å². The lowest BCUT2D eigenvalue weighted by Gasteiger charge is -2.31. The molecule has 1 saturated heterocycles. The Labute approximate surface area is 120 Å². The number of carbonyl (C=O) groups is 1. The first-order valence-electron chi connectivity index (χ1n) is 7.46. The van der Waals surface area contributed by atoms with Crippen LogP contribution in [-0.4, -0.2) is 32.7 Å². The second kappa shape index (κ2) is 5.83. The van der Waals surface area contributed by atoms with Gasteiger partial charge in [-0.3, -0.25) is 4.79 Å². The molecule has 20 heavy (non-hydrogen) atoms. The molecule has 1 fully saturated rings. The van der Waals surface area contributed by atoms with Crippen molar-refractivity contribution in [3.05, 3.63) is 23.8 Å². The van der Waals surface area contributed by atoms with E-state index in [1.54, 1.807) is 7.11 Å². The van der Waals surface area contributed by atoms with Gasteiger partial charge in [-0.2, -0.15) is 0 Å². The van der Waals surface area contributed by atoms with E-state index in [4.69, 9.17) is 4.74 Å². The summed E-state index contributed by atoms with van der Waals surface area (Å²) in [5.74, 6) is 1.55. The second-order valence-corrected chi connectivity index (χ2v) is 5.68. The van der Waals surface area contributed by atoms with Crippen molar-refractivity contribution in [2.24, 2.45) is 5.92 Å². The molecule has 4 heteroatoms. The highest BCUT2D eigenvalue weighted by Crippen LogP contribution is 2.36. The van der Waals surface area contributed by atoms with Crippen LogP contribution in [0.1, 0.15) is 24.8 Å². The first-order chi connectivity index (χ1) is 9.79. The summed E-state index contributed by atoms with van der Waals surface area (Å²) in [4.78, 5) is 14.6. The van der Waals surface area contributed by atoms with Crippen molar-refractivity contribution in [1.82, 2.24) is 5.32 Å². The van der Waals surface area contributed by atoms with Crippen LogP contribution in [0.15, 0.2) is 18.2 Å². The minimum atomic E-state index is 0.240. The maximum atomic E-state index is 12.6. The Morgan fingerprint density at radius 2 is 2.40 bits per heavy atom. The topological polar surface area (TPSA) is 41.6 Å². The Hall–Kier alpha value is -1.55. The maximum absolute atomic E-state index is 12.6. The Balaban J connectivity index is 1.83. The maximum Gasteiger partial charge on any atom is 0.227 e. The number of rotatable bonds is 3. The fraction of sp³-hybridized carbons (Fsp3) is 0.562. The highest BCUT2D eigenvalue weighted by molar-refractivity contribution is 5.96. The molecule has 3 rings (SSSR count). The quantitative estimate of drug-likeness (QED) is 0.916. The lowest BCUT2D eigenvalue weighted by atomic mass is 9.98. The van der Waals surface area contributed by atoms with Gasteiger partial charge in [0.25, 0.3) is 0 Å². The molecule has 0 spiro atoms. The molecule has 0 aromatic heterocycles. The molecule has 1 aromatic carbocycles. The van der Waals surface area contributed by atoms with Crippen molar-refractivity contribution in [3.63, 3.8) is 0 Å². The van der Waals surface area contributed by atoms with Crippen LogP contribution in [0.25, 0.3) is 0 Å².